The molecule has 5 heteroatoms. The molecule has 2 rings (SSSR count). The lowest BCUT2D eigenvalue weighted by molar-refractivity contribution is -0.139. The largest absolute Gasteiger partial charge is 0.469 e. The highest BCUT2D eigenvalue weighted by atomic mass is 32.1. The zero-order valence-electron chi connectivity index (χ0n) is 11.2. The Labute approximate surface area is 116 Å². The average Bonchev–Trinajstić information content (AvgIpc) is 2.86. The van der Waals surface area contributed by atoms with Gasteiger partial charge in [0.15, 0.2) is 5.13 Å². The normalized spacial score (nSPS) is 10.3. The smallest absolute Gasteiger partial charge is 0.311 e. The highest BCUT2D eigenvalue weighted by molar-refractivity contribution is 7.13. The number of anilines is 2. The molecule has 0 aliphatic heterocycles. The van der Waals surface area contributed by atoms with E-state index in [9.17, 15) is 4.79 Å². The Morgan fingerprint density at radius 2 is 2.26 bits per heavy atom. The van der Waals surface area contributed by atoms with E-state index in [0.29, 0.717) is 0 Å². The van der Waals surface area contributed by atoms with E-state index >= 15 is 0 Å². The third-order valence-corrected chi connectivity index (χ3v) is 3.73. The number of nitrogens with zero attached hydrogens (tertiary/aromatic N) is 2. The van der Waals surface area contributed by atoms with E-state index < -0.39 is 0 Å². The molecule has 0 radical (unpaired) electrons. The van der Waals surface area contributed by atoms with E-state index in [0.717, 1.165) is 16.5 Å². The van der Waals surface area contributed by atoms with Crippen molar-refractivity contribution in [1.29, 1.82) is 0 Å². The fraction of sp³-hybridized carbons (Fsp3) is 0.286. The number of aromatic nitrogens is 1. The Morgan fingerprint density at radius 1 is 1.47 bits per heavy atom. The molecule has 0 fully saturated rings. The second-order valence-electron chi connectivity index (χ2n) is 4.27. The van der Waals surface area contributed by atoms with Crippen molar-refractivity contribution < 1.29 is 9.53 Å². The third kappa shape index (κ3) is 3.32. The molecule has 0 amide bonds. The van der Waals surface area contributed by atoms with E-state index in [-0.39, 0.29) is 12.4 Å². The van der Waals surface area contributed by atoms with Crippen LogP contribution < -0.4 is 4.90 Å². The van der Waals surface area contributed by atoms with Gasteiger partial charge in [-0.1, -0.05) is 12.1 Å². The van der Waals surface area contributed by atoms with Gasteiger partial charge in [0.25, 0.3) is 0 Å². The number of hydrogen-bond acceptors (Lipinski definition) is 5. The maximum absolute atomic E-state index is 11.2. The molecule has 100 valence electrons. The monoisotopic (exact) mass is 276 g/mol. The van der Waals surface area contributed by atoms with Crippen LogP contribution in [0.1, 0.15) is 11.3 Å². The topological polar surface area (TPSA) is 42.4 Å². The molecular formula is C14H16N2O2S. The number of esters is 1. The minimum atomic E-state index is -0.268. The predicted molar refractivity (Wildman–Crippen MR) is 77.1 cm³/mol. The fourth-order valence-corrected chi connectivity index (χ4v) is 2.51. The van der Waals surface area contributed by atoms with Crippen LogP contribution in [0.15, 0.2) is 29.6 Å². The molecule has 4 nitrogen and oxygen atoms in total. The number of methoxy groups -OCH3 is 1. The second-order valence-corrected chi connectivity index (χ2v) is 5.11. The van der Waals surface area contributed by atoms with Gasteiger partial charge in [0.2, 0.25) is 0 Å². The van der Waals surface area contributed by atoms with Gasteiger partial charge in [-0.25, -0.2) is 4.98 Å². The van der Waals surface area contributed by atoms with Crippen LogP contribution in [0.3, 0.4) is 0 Å². The van der Waals surface area contributed by atoms with Gasteiger partial charge in [-0.05, 0) is 24.6 Å². The van der Waals surface area contributed by atoms with Crippen molar-refractivity contribution in [3.63, 3.8) is 0 Å². The summed E-state index contributed by atoms with van der Waals surface area (Å²) >= 11 is 1.52. The molecule has 1 heterocycles. The van der Waals surface area contributed by atoms with Crippen LogP contribution in [0.5, 0.6) is 0 Å². The molecule has 0 saturated carbocycles. The van der Waals surface area contributed by atoms with E-state index in [2.05, 4.69) is 28.8 Å². The van der Waals surface area contributed by atoms with Crippen LogP contribution in [0.25, 0.3) is 0 Å². The highest BCUT2D eigenvalue weighted by Gasteiger charge is 2.11. The van der Waals surface area contributed by atoms with Crippen molar-refractivity contribution in [3.8, 4) is 0 Å². The van der Waals surface area contributed by atoms with Crippen LogP contribution in [0.4, 0.5) is 10.8 Å². The number of carbonyl (C=O) groups is 1. The summed E-state index contributed by atoms with van der Waals surface area (Å²) < 4.78 is 4.64. The molecule has 0 saturated heterocycles. The molecule has 1 aromatic heterocycles. The van der Waals surface area contributed by atoms with E-state index in [4.69, 9.17) is 0 Å². The first-order valence-corrected chi connectivity index (χ1v) is 6.79. The molecule has 0 atom stereocenters. The number of benzene rings is 1. The van der Waals surface area contributed by atoms with E-state index in [1.165, 1.54) is 24.0 Å². The summed E-state index contributed by atoms with van der Waals surface area (Å²) in [6.45, 7) is 2.06. The summed E-state index contributed by atoms with van der Waals surface area (Å²) in [5, 5.41) is 2.75. The number of aryl methyl sites for hydroxylation is 1. The van der Waals surface area contributed by atoms with Gasteiger partial charge in [-0.3, -0.25) is 4.79 Å². The number of ether oxygens (including phenoxy) is 1. The van der Waals surface area contributed by atoms with Crippen molar-refractivity contribution >= 4 is 28.1 Å². The first-order chi connectivity index (χ1) is 9.10. The van der Waals surface area contributed by atoms with Crippen LogP contribution in [-0.4, -0.2) is 25.1 Å². The van der Waals surface area contributed by atoms with Gasteiger partial charge < -0.3 is 9.64 Å². The average molecular weight is 276 g/mol. The van der Waals surface area contributed by atoms with Crippen LogP contribution in [0, 0.1) is 6.92 Å². The molecular weight excluding hydrogens is 260 g/mol. The summed E-state index contributed by atoms with van der Waals surface area (Å²) in [5.74, 6) is -0.268. The molecule has 1 aromatic carbocycles. The maximum Gasteiger partial charge on any atom is 0.311 e. The first-order valence-electron chi connectivity index (χ1n) is 5.92. The Bertz CT molecular complexity index is 580. The molecule has 19 heavy (non-hydrogen) atoms. The van der Waals surface area contributed by atoms with Crippen LogP contribution in [0.2, 0.25) is 0 Å². The quantitative estimate of drug-likeness (QED) is 0.805. The minimum Gasteiger partial charge on any atom is -0.469 e. The Hall–Kier alpha value is -1.88. The number of rotatable bonds is 4. The van der Waals surface area contributed by atoms with Gasteiger partial charge in [-0.15, -0.1) is 11.3 Å². The van der Waals surface area contributed by atoms with Crippen molar-refractivity contribution in [2.24, 2.45) is 0 Å². The van der Waals surface area contributed by atoms with Gasteiger partial charge in [0, 0.05) is 18.1 Å². The SMILES string of the molecule is COC(=O)Cc1csc(N(C)c2cccc(C)c2)n1. The Kier molecular flexibility index (Phi) is 4.16. The maximum atomic E-state index is 11.2. The highest BCUT2D eigenvalue weighted by Crippen LogP contribution is 2.27. The van der Waals surface area contributed by atoms with Gasteiger partial charge in [0.05, 0.1) is 19.2 Å². The fourth-order valence-electron chi connectivity index (χ4n) is 1.70. The first kappa shape index (κ1) is 13.5. The zero-order chi connectivity index (χ0) is 13.8. The minimum absolute atomic E-state index is 0.217. The van der Waals surface area contributed by atoms with Crippen molar-refractivity contribution in [2.45, 2.75) is 13.3 Å². The lowest BCUT2D eigenvalue weighted by Crippen LogP contribution is -2.10. The van der Waals surface area contributed by atoms with Crippen molar-refractivity contribution in [1.82, 2.24) is 4.98 Å². The Balaban J connectivity index is 2.16. The second kappa shape index (κ2) is 5.84. The predicted octanol–water partition coefficient (Wildman–Crippen LogP) is 2.93. The van der Waals surface area contributed by atoms with E-state index in [1.807, 2.05) is 29.5 Å². The summed E-state index contributed by atoms with van der Waals surface area (Å²) in [4.78, 5) is 17.7. The van der Waals surface area contributed by atoms with Gasteiger partial charge in [0.1, 0.15) is 0 Å². The Morgan fingerprint density at radius 3 is 2.95 bits per heavy atom. The summed E-state index contributed by atoms with van der Waals surface area (Å²) in [6.07, 6.45) is 0.217. The molecule has 0 aliphatic carbocycles. The lowest BCUT2D eigenvalue weighted by atomic mass is 10.2. The van der Waals surface area contributed by atoms with Crippen molar-refractivity contribution in [2.75, 3.05) is 19.1 Å². The van der Waals surface area contributed by atoms with Gasteiger partial charge in [-0.2, -0.15) is 0 Å². The van der Waals surface area contributed by atoms with Crippen molar-refractivity contribution in [3.05, 3.63) is 40.9 Å². The number of thiazole rings is 1. The standard InChI is InChI=1S/C14H16N2O2S/c1-10-5-4-6-12(7-10)16(2)14-15-11(9-19-14)8-13(17)18-3/h4-7,9H,8H2,1-3H3. The lowest BCUT2D eigenvalue weighted by Gasteiger charge is -2.16. The van der Waals surface area contributed by atoms with Crippen LogP contribution >= 0.6 is 11.3 Å². The zero-order valence-corrected chi connectivity index (χ0v) is 12.0. The number of carbonyl (C=O) groups excluding carboxylic acids is 1. The molecule has 0 spiro atoms. The number of hydrogen-bond donors (Lipinski definition) is 0. The molecule has 2 aromatic rings. The molecule has 0 unspecified atom stereocenters. The van der Waals surface area contributed by atoms with Crippen LogP contribution in [-0.2, 0) is 16.0 Å². The molecule has 0 N–H and O–H groups in total. The summed E-state index contributed by atoms with van der Waals surface area (Å²) in [6, 6.07) is 8.21. The summed E-state index contributed by atoms with van der Waals surface area (Å²) in [5.41, 5.74) is 3.03. The summed E-state index contributed by atoms with van der Waals surface area (Å²) in [7, 11) is 3.35. The molecule has 0 bridgehead atoms. The van der Waals surface area contributed by atoms with E-state index in [1.54, 1.807) is 0 Å². The molecule has 0 aliphatic rings. The third-order valence-electron chi connectivity index (χ3n) is 2.77. The van der Waals surface area contributed by atoms with Gasteiger partial charge >= 0.3 is 5.97 Å².